The highest BCUT2D eigenvalue weighted by Crippen LogP contribution is 2.22. The van der Waals surface area contributed by atoms with Crippen LogP contribution in [0.25, 0.3) is 0 Å². The van der Waals surface area contributed by atoms with Crippen molar-refractivity contribution in [2.75, 3.05) is 30.2 Å². The molecule has 0 aromatic heterocycles. The molecule has 1 N–H and O–H groups in total. The van der Waals surface area contributed by atoms with E-state index >= 15 is 0 Å². The fraction of sp³-hybridized carbons (Fsp3) is 0.481. The zero-order chi connectivity index (χ0) is 25.8. The Kier molecular flexibility index (Phi) is 11.2. The zero-order valence-electron chi connectivity index (χ0n) is 21.4. The van der Waals surface area contributed by atoms with Crippen molar-refractivity contribution in [2.45, 2.75) is 58.9 Å². The molecule has 0 spiro atoms. The second kappa shape index (κ2) is 13.9. The summed E-state index contributed by atoms with van der Waals surface area (Å²) in [5.74, 6) is -0.324. The number of aryl methyl sites for hydroxylation is 1. The number of carbonyl (C=O) groups is 2. The lowest BCUT2D eigenvalue weighted by Gasteiger charge is -2.29. The summed E-state index contributed by atoms with van der Waals surface area (Å²) < 4.78 is 26.3. The van der Waals surface area contributed by atoms with Gasteiger partial charge in [-0.05, 0) is 50.3 Å². The van der Waals surface area contributed by atoms with Gasteiger partial charge < -0.3 is 10.2 Å². The molecule has 192 valence electrons. The van der Waals surface area contributed by atoms with Crippen LogP contribution < -0.4 is 9.62 Å². The van der Waals surface area contributed by atoms with E-state index in [1.165, 1.54) is 10.6 Å². The first-order valence-corrected chi connectivity index (χ1v) is 14.1. The van der Waals surface area contributed by atoms with Crippen molar-refractivity contribution >= 4 is 27.5 Å². The van der Waals surface area contributed by atoms with E-state index in [-0.39, 0.29) is 24.8 Å². The maximum atomic E-state index is 13.3. The Morgan fingerprint density at radius 2 is 1.63 bits per heavy atom. The molecule has 2 amide bonds. The number of anilines is 1. The van der Waals surface area contributed by atoms with Crippen LogP contribution in [0.15, 0.2) is 54.6 Å². The van der Waals surface area contributed by atoms with E-state index < -0.39 is 16.1 Å². The maximum Gasteiger partial charge on any atom is 0.242 e. The number of nitrogens with zero attached hydrogens (tertiary/aromatic N) is 2. The second-order valence-electron chi connectivity index (χ2n) is 8.87. The topological polar surface area (TPSA) is 86.8 Å². The lowest BCUT2D eigenvalue weighted by atomic mass is 10.1. The van der Waals surface area contributed by atoms with Crippen LogP contribution in [0.1, 0.15) is 50.7 Å². The number of para-hydroxylation sites is 1. The summed E-state index contributed by atoms with van der Waals surface area (Å²) in [5, 5.41) is 2.92. The Balaban J connectivity index is 2.09. The SMILES string of the molecule is CCCCNC(=O)C(C)N(CCc1ccccc1)C(=O)CCCN(c1ccccc1C)S(C)(=O)=O. The minimum Gasteiger partial charge on any atom is -0.354 e. The molecule has 8 heteroatoms. The van der Waals surface area contributed by atoms with Gasteiger partial charge in [0.25, 0.3) is 0 Å². The molecule has 0 radical (unpaired) electrons. The van der Waals surface area contributed by atoms with Crippen LogP contribution in [0, 0.1) is 6.92 Å². The third-order valence-corrected chi connectivity index (χ3v) is 7.20. The molecule has 0 aliphatic heterocycles. The first-order valence-electron chi connectivity index (χ1n) is 12.3. The molecule has 2 aromatic carbocycles. The Morgan fingerprint density at radius 3 is 2.26 bits per heavy atom. The van der Waals surface area contributed by atoms with Gasteiger partial charge in [-0.1, -0.05) is 61.9 Å². The maximum absolute atomic E-state index is 13.3. The van der Waals surface area contributed by atoms with Gasteiger partial charge in [0.15, 0.2) is 0 Å². The zero-order valence-corrected chi connectivity index (χ0v) is 22.2. The smallest absolute Gasteiger partial charge is 0.242 e. The van der Waals surface area contributed by atoms with Gasteiger partial charge in [-0.2, -0.15) is 0 Å². The Bertz CT molecular complexity index is 1060. The minimum absolute atomic E-state index is 0.152. The summed E-state index contributed by atoms with van der Waals surface area (Å²) in [5.41, 5.74) is 2.56. The molecular formula is C27H39N3O4S. The molecule has 2 rings (SSSR count). The molecule has 2 aromatic rings. The highest BCUT2D eigenvalue weighted by molar-refractivity contribution is 7.92. The quantitative estimate of drug-likeness (QED) is 0.398. The van der Waals surface area contributed by atoms with E-state index in [9.17, 15) is 18.0 Å². The number of sulfonamides is 1. The Morgan fingerprint density at radius 1 is 0.971 bits per heavy atom. The van der Waals surface area contributed by atoms with Crippen molar-refractivity contribution in [3.05, 3.63) is 65.7 Å². The summed E-state index contributed by atoms with van der Waals surface area (Å²) >= 11 is 0. The van der Waals surface area contributed by atoms with Gasteiger partial charge in [-0.3, -0.25) is 13.9 Å². The van der Waals surface area contributed by atoms with Crippen LogP contribution in [0.5, 0.6) is 0 Å². The molecule has 0 saturated heterocycles. The third kappa shape index (κ3) is 9.02. The average molecular weight is 502 g/mol. The van der Waals surface area contributed by atoms with Gasteiger partial charge in [0.1, 0.15) is 6.04 Å². The highest BCUT2D eigenvalue weighted by atomic mass is 32.2. The molecule has 0 aliphatic rings. The summed E-state index contributed by atoms with van der Waals surface area (Å²) in [6.07, 6.45) is 4.18. The lowest BCUT2D eigenvalue weighted by Crippen LogP contribution is -2.49. The van der Waals surface area contributed by atoms with E-state index in [4.69, 9.17) is 0 Å². The number of unbranched alkanes of at least 4 members (excludes halogenated alkanes) is 1. The molecule has 7 nitrogen and oxygen atoms in total. The van der Waals surface area contributed by atoms with E-state index in [1.54, 1.807) is 24.0 Å². The van der Waals surface area contributed by atoms with Crippen LogP contribution >= 0.6 is 0 Å². The first kappa shape index (κ1) is 28.4. The predicted molar refractivity (Wildman–Crippen MR) is 142 cm³/mol. The van der Waals surface area contributed by atoms with Crippen LogP contribution in [-0.4, -0.2) is 57.1 Å². The third-order valence-electron chi connectivity index (χ3n) is 6.02. The lowest BCUT2D eigenvalue weighted by molar-refractivity contribution is -0.139. The van der Waals surface area contributed by atoms with Crippen LogP contribution in [0.3, 0.4) is 0 Å². The minimum atomic E-state index is -3.50. The summed E-state index contributed by atoms with van der Waals surface area (Å²) in [7, 11) is -3.50. The predicted octanol–water partition coefficient (Wildman–Crippen LogP) is 3.92. The van der Waals surface area contributed by atoms with Gasteiger partial charge in [0, 0.05) is 26.1 Å². The largest absolute Gasteiger partial charge is 0.354 e. The fourth-order valence-corrected chi connectivity index (χ4v) is 4.95. The van der Waals surface area contributed by atoms with E-state index in [1.807, 2.05) is 49.4 Å². The molecule has 35 heavy (non-hydrogen) atoms. The van der Waals surface area contributed by atoms with Crippen LogP contribution in [0.4, 0.5) is 5.69 Å². The van der Waals surface area contributed by atoms with Crippen molar-refractivity contribution in [1.29, 1.82) is 0 Å². The number of rotatable bonds is 14. The number of amides is 2. The van der Waals surface area contributed by atoms with Gasteiger partial charge in [0.2, 0.25) is 21.8 Å². The Hall–Kier alpha value is -2.87. The van der Waals surface area contributed by atoms with Crippen molar-refractivity contribution < 1.29 is 18.0 Å². The van der Waals surface area contributed by atoms with Crippen molar-refractivity contribution in [2.24, 2.45) is 0 Å². The average Bonchev–Trinajstić information content (AvgIpc) is 2.82. The normalized spacial score (nSPS) is 12.1. The summed E-state index contributed by atoms with van der Waals surface area (Å²) in [6, 6.07) is 16.5. The molecule has 0 fully saturated rings. The highest BCUT2D eigenvalue weighted by Gasteiger charge is 2.26. The van der Waals surface area contributed by atoms with E-state index in [0.29, 0.717) is 31.6 Å². The van der Waals surface area contributed by atoms with Crippen LogP contribution in [-0.2, 0) is 26.0 Å². The van der Waals surface area contributed by atoms with Gasteiger partial charge in [0.05, 0.1) is 11.9 Å². The second-order valence-corrected chi connectivity index (χ2v) is 10.8. The van der Waals surface area contributed by atoms with Crippen LogP contribution in [0.2, 0.25) is 0 Å². The standard InChI is InChI=1S/C27H39N3O4S/c1-5-6-19-28-27(32)23(3)29(21-18-24-14-8-7-9-15-24)26(31)17-12-20-30(35(4,33)34)25-16-11-10-13-22(25)2/h7-11,13-16,23H,5-6,12,17-21H2,1-4H3,(H,28,32). The summed E-state index contributed by atoms with van der Waals surface area (Å²) in [4.78, 5) is 27.6. The molecular weight excluding hydrogens is 462 g/mol. The molecule has 0 saturated carbocycles. The monoisotopic (exact) mass is 501 g/mol. The molecule has 1 atom stereocenters. The summed E-state index contributed by atoms with van der Waals surface area (Å²) in [6.45, 7) is 6.86. The molecule has 0 aliphatic carbocycles. The fourth-order valence-electron chi connectivity index (χ4n) is 3.93. The number of nitrogens with one attached hydrogen (secondary N) is 1. The van der Waals surface area contributed by atoms with Crippen molar-refractivity contribution in [3.63, 3.8) is 0 Å². The van der Waals surface area contributed by atoms with E-state index in [2.05, 4.69) is 12.2 Å². The van der Waals surface area contributed by atoms with Gasteiger partial charge >= 0.3 is 0 Å². The Labute approximate surface area is 210 Å². The van der Waals surface area contributed by atoms with Gasteiger partial charge in [-0.15, -0.1) is 0 Å². The number of benzene rings is 2. The molecule has 0 bridgehead atoms. The van der Waals surface area contributed by atoms with Gasteiger partial charge in [-0.25, -0.2) is 8.42 Å². The number of hydrogen-bond acceptors (Lipinski definition) is 4. The number of carbonyl (C=O) groups excluding carboxylic acids is 2. The molecule has 1 unspecified atom stereocenters. The number of hydrogen-bond donors (Lipinski definition) is 1. The first-order chi connectivity index (χ1) is 16.6. The van der Waals surface area contributed by atoms with Crippen molar-refractivity contribution in [1.82, 2.24) is 10.2 Å². The molecule has 0 heterocycles. The van der Waals surface area contributed by atoms with Crippen molar-refractivity contribution in [3.8, 4) is 0 Å². The van der Waals surface area contributed by atoms with E-state index in [0.717, 1.165) is 24.0 Å².